The van der Waals surface area contributed by atoms with E-state index in [1.807, 2.05) is 48.5 Å². The zero-order valence-electron chi connectivity index (χ0n) is 17.4. The van der Waals surface area contributed by atoms with Gasteiger partial charge in [-0.05, 0) is 58.3 Å². The molecular weight excluding hydrogens is 378 g/mol. The number of nitroso groups, excluding NO2 is 1. The Bertz CT molecular complexity index is 899. The Morgan fingerprint density at radius 3 is 1.54 bits per heavy atom. The number of phenolic OH excluding ortho intramolecular Hbond substituents is 1. The second-order valence-electron chi connectivity index (χ2n) is 8.77. The van der Waals surface area contributed by atoms with Crippen LogP contribution < -0.4 is 0 Å². The predicted molar refractivity (Wildman–Crippen MR) is 112 cm³/mol. The molecule has 28 heavy (non-hydrogen) atoms. The number of aryl methyl sites for hydroxylation is 1. The molecule has 0 atom stereocenters. The van der Waals surface area contributed by atoms with E-state index in [1.54, 1.807) is 24.3 Å². The molecule has 0 aliphatic rings. The van der Waals surface area contributed by atoms with E-state index >= 15 is 0 Å². The van der Waals surface area contributed by atoms with Crippen LogP contribution in [0.1, 0.15) is 58.2 Å². The smallest absolute Gasteiger partial charge is 0.294 e. The molecule has 0 saturated heterocycles. The van der Waals surface area contributed by atoms with Crippen molar-refractivity contribution in [1.29, 1.82) is 0 Å². The average Bonchev–Trinajstić information content (AvgIpc) is 2.52. The summed E-state index contributed by atoms with van der Waals surface area (Å²) < 4.78 is 29.6. The van der Waals surface area contributed by atoms with Gasteiger partial charge in [-0.25, -0.2) is 0 Å². The highest BCUT2D eigenvalue weighted by Crippen LogP contribution is 2.42. The molecule has 0 aliphatic heterocycles. The van der Waals surface area contributed by atoms with Crippen molar-refractivity contribution in [3.8, 4) is 5.75 Å². The summed E-state index contributed by atoms with van der Waals surface area (Å²) in [5.41, 5.74) is 2.55. The molecule has 7 heteroatoms. The molecule has 0 saturated carbocycles. The molecule has 2 aromatic carbocycles. The lowest BCUT2D eigenvalue weighted by Crippen LogP contribution is -2.17. The van der Waals surface area contributed by atoms with Crippen LogP contribution in [0.5, 0.6) is 5.75 Å². The highest BCUT2D eigenvalue weighted by atomic mass is 32.2. The normalized spacial score (nSPS) is 12.1. The molecule has 2 rings (SSSR count). The van der Waals surface area contributed by atoms with Crippen molar-refractivity contribution in [2.75, 3.05) is 0 Å². The number of hydrogen-bond acceptors (Lipinski definition) is 5. The Labute approximate surface area is 167 Å². The Hall–Kier alpha value is -2.25. The summed E-state index contributed by atoms with van der Waals surface area (Å²) in [6.45, 7) is 13.9. The van der Waals surface area contributed by atoms with E-state index in [0.717, 1.165) is 16.7 Å². The Morgan fingerprint density at radius 2 is 1.25 bits per heavy atom. The molecule has 0 unspecified atom stereocenters. The van der Waals surface area contributed by atoms with Crippen LogP contribution >= 0.6 is 0 Å². The van der Waals surface area contributed by atoms with Crippen molar-refractivity contribution < 1.29 is 18.1 Å². The summed E-state index contributed by atoms with van der Waals surface area (Å²) in [5.74, 6) is 0.187. The van der Waals surface area contributed by atoms with Gasteiger partial charge in [-0.15, -0.1) is 4.91 Å². The van der Waals surface area contributed by atoms with Crippen LogP contribution in [0.4, 0.5) is 5.69 Å². The lowest BCUT2D eigenvalue weighted by atomic mass is 9.79. The number of nitrogens with zero attached hydrogens (tertiary/aromatic N) is 1. The van der Waals surface area contributed by atoms with E-state index in [4.69, 9.17) is 4.55 Å². The summed E-state index contributed by atoms with van der Waals surface area (Å²) in [4.78, 5) is 11.1. The zero-order chi connectivity index (χ0) is 21.9. The van der Waals surface area contributed by atoms with Crippen molar-refractivity contribution in [2.24, 2.45) is 5.18 Å². The third-order valence-corrected chi connectivity index (χ3v) is 4.99. The van der Waals surface area contributed by atoms with Crippen molar-refractivity contribution in [3.05, 3.63) is 58.0 Å². The van der Waals surface area contributed by atoms with Gasteiger partial charge in [0.15, 0.2) is 0 Å². The molecule has 154 valence electrons. The molecule has 0 radical (unpaired) electrons. The van der Waals surface area contributed by atoms with Gasteiger partial charge in [0.25, 0.3) is 10.1 Å². The van der Waals surface area contributed by atoms with Gasteiger partial charge >= 0.3 is 0 Å². The zero-order valence-corrected chi connectivity index (χ0v) is 18.3. The van der Waals surface area contributed by atoms with Crippen molar-refractivity contribution in [3.63, 3.8) is 0 Å². The van der Waals surface area contributed by atoms with Crippen LogP contribution in [0.2, 0.25) is 0 Å². The second kappa shape index (κ2) is 8.41. The first-order valence-corrected chi connectivity index (χ1v) is 10.3. The molecule has 2 N–H and O–H groups in total. The molecule has 0 fully saturated rings. The van der Waals surface area contributed by atoms with Gasteiger partial charge in [0.2, 0.25) is 0 Å². The van der Waals surface area contributed by atoms with Gasteiger partial charge in [-0.1, -0.05) is 59.2 Å². The predicted octanol–water partition coefficient (Wildman–Crippen LogP) is 5.63. The quantitative estimate of drug-likeness (QED) is 0.496. The van der Waals surface area contributed by atoms with Gasteiger partial charge in [0, 0.05) is 0 Å². The van der Waals surface area contributed by atoms with Crippen LogP contribution in [0.15, 0.2) is 46.5 Å². The van der Waals surface area contributed by atoms with Crippen LogP contribution in [0.3, 0.4) is 0 Å². The van der Waals surface area contributed by atoms with E-state index in [9.17, 15) is 18.4 Å². The molecule has 0 aromatic heterocycles. The largest absolute Gasteiger partial charge is 0.508 e. The number of rotatable bonds is 2. The number of aromatic hydroxyl groups is 1. The Balaban J connectivity index is 0.000000307. The summed E-state index contributed by atoms with van der Waals surface area (Å²) in [6.07, 6.45) is 0. The minimum Gasteiger partial charge on any atom is -0.508 e. The van der Waals surface area contributed by atoms with Crippen LogP contribution in [-0.2, 0) is 20.9 Å². The third kappa shape index (κ3) is 6.42. The number of benzene rings is 2. The van der Waals surface area contributed by atoms with E-state index in [0.29, 0.717) is 5.69 Å². The first kappa shape index (κ1) is 23.8. The number of phenols is 1. The second-order valence-corrected chi connectivity index (χ2v) is 10.2. The summed E-state index contributed by atoms with van der Waals surface area (Å²) >= 11 is 0. The topological polar surface area (TPSA) is 104 Å². The van der Waals surface area contributed by atoms with Crippen molar-refractivity contribution in [2.45, 2.75) is 64.2 Å². The van der Waals surface area contributed by atoms with Gasteiger partial charge in [0.1, 0.15) is 11.4 Å². The van der Waals surface area contributed by atoms with Gasteiger partial charge in [-0.3, -0.25) is 4.55 Å². The minimum absolute atomic E-state index is 0.0666. The third-order valence-electron chi connectivity index (χ3n) is 4.12. The fourth-order valence-corrected chi connectivity index (χ4v) is 3.05. The first-order valence-electron chi connectivity index (χ1n) is 8.83. The number of hydrogen-bond donors (Lipinski definition) is 2. The van der Waals surface area contributed by atoms with Crippen LogP contribution in [0.25, 0.3) is 0 Å². The Morgan fingerprint density at radius 1 is 0.857 bits per heavy atom. The molecule has 0 aliphatic carbocycles. The molecule has 0 amide bonds. The molecule has 0 bridgehead atoms. The van der Waals surface area contributed by atoms with Gasteiger partial charge < -0.3 is 5.11 Å². The molecular formula is C21H29NO5S. The SMILES string of the molecule is CC(C)(C)c1cc(O)cc(C(C)(C)C)c1N=O.Cc1ccc(S(=O)(=O)O)cc1. The van der Waals surface area contributed by atoms with E-state index in [-0.39, 0.29) is 21.5 Å². The molecule has 6 nitrogen and oxygen atoms in total. The standard InChI is InChI=1S/C14H21NO2.C7H8O3S/c1-13(2,3)10-7-9(16)8-11(12(10)15-17)14(4,5)6;1-6-2-4-7(5-3-6)11(8,9)10/h7-8,16H,1-6H3;2-5H,1H3,(H,8,9,10). The Kier molecular flexibility index (Phi) is 7.14. The molecule has 2 aromatic rings. The summed E-state index contributed by atoms with van der Waals surface area (Å²) in [6, 6.07) is 9.25. The lowest BCUT2D eigenvalue weighted by molar-refractivity contribution is 0.466. The van der Waals surface area contributed by atoms with Crippen LogP contribution in [0, 0.1) is 11.8 Å². The molecule has 0 spiro atoms. The van der Waals surface area contributed by atoms with Crippen LogP contribution in [-0.4, -0.2) is 18.1 Å². The monoisotopic (exact) mass is 407 g/mol. The fourth-order valence-electron chi connectivity index (χ4n) is 2.57. The first-order chi connectivity index (χ1) is 12.6. The van der Waals surface area contributed by atoms with E-state index < -0.39 is 10.1 Å². The summed E-state index contributed by atoms with van der Waals surface area (Å²) in [7, 11) is -4.02. The van der Waals surface area contributed by atoms with E-state index in [2.05, 4.69) is 5.18 Å². The summed E-state index contributed by atoms with van der Waals surface area (Å²) in [5, 5.41) is 13.0. The molecule has 0 heterocycles. The fraction of sp³-hybridized carbons (Fsp3) is 0.429. The maximum Gasteiger partial charge on any atom is 0.294 e. The lowest BCUT2D eigenvalue weighted by Gasteiger charge is -2.27. The highest BCUT2D eigenvalue weighted by Gasteiger charge is 2.27. The van der Waals surface area contributed by atoms with Gasteiger partial charge in [-0.2, -0.15) is 8.42 Å². The highest BCUT2D eigenvalue weighted by molar-refractivity contribution is 7.85. The average molecular weight is 408 g/mol. The minimum atomic E-state index is -4.02. The van der Waals surface area contributed by atoms with Gasteiger partial charge in [0.05, 0.1) is 4.90 Å². The van der Waals surface area contributed by atoms with E-state index in [1.165, 1.54) is 12.1 Å². The van der Waals surface area contributed by atoms with Crippen molar-refractivity contribution in [1.82, 2.24) is 0 Å². The maximum atomic E-state index is 11.1. The maximum absolute atomic E-state index is 11.1. The van der Waals surface area contributed by atoms with Crippen molar-refractivity contribution >= 4 is 15.8 Å².